The van der Waals surface area contributed by atoms with Crippen LogP contribution in [-0.2, 0) is 18.3 Å². The van der Waals surface area contributed by atoms with Gasteiger partial charge in [0.1, 0.15) is 0 Å². The highest BCUT2D eigenvalue weighted by Crippen LogP contribution is 2.34. The van der Waals surface area contributed by atoms with Crippen LogP contribution >= 0.6 is 24.4 Å². The Morgan fingerprint density at radius 1 is 0.971 bits per heavy atom. The molecule has 0 bridgehead atoms. The molecule has 0 spiro atoms. The van der Waals surface area contributed by atoms with Crippen molar-refractivity contribution >= 4 is 30.3 Å². The van der Waals surface area contributed by atoms with Crippen molar-refractivity contribution in [2.24, 2.45) is 0 Å². The van der Waals surface area contributed by atoms with Crippen molar-refractivity contribution in [2.45, 2.75) is 47.4 Å². The quantitative estimate of drug-likeness (QED) is 0.362. The van der Waals surface area contributed by atoms with Gasteiger partial charge in [0.25, 0.3) is 5.91 Å². The number of hydrogen-bond donors (Lipinski definition) is 1. The van der Waals surface area contributed by atoms with Crippen LogP contribution in [0.4, 0.5) is 13.2 Å². The summed E-state index contributed by atoms with van der Waals surface area (Å²) in [5.41, 5.74) is 1.55. The molecule has 4 rings (SSSR count). The highest BCUT2D eigenvalue weighted by atomic mass is 32.2. The highest BCUT2D eigenvalue weighted by molar-refractivity contribution is 7.99. The van der Waals surface area contributed by atoms with Crippen molar-refractivity contribution in [3.63, 3.8) is 0 Å². The molecule has 3 aromatic rings. The fraction of sp³-hybridized carbons (Fsp3) is 0.296. The van der Waals surface area contributed by atoms with E-state index in [-0.39, 0.29) is 22.4 Å². The minimum Gasteiger partial charge on any atom is -0.335 e. The van der Waals surface area contributed by atoms with Gasteiger partial charge in [-0.05, 0) is 48.6 Å². The molecule has 34 heavy (non-hydrogen) atoms. The van der Waals surface area contributed by atoms with Crippen LogP contribution in [0.5, 0.6) is 0 Å². The number of carbonyl (C=O) groups excluding carboxylic acids is 1. The predicted octanol–water partition coefficient (Wildman–Crippen LogP) is 7.14. The molecule has 7 heteroatoms. The molecule has 178 valence electrons. The van der Waals surface area contributed by atoms with Gasteiger partial charge in [-0.2, -0.15) is 24.9 Å². The Labute approximate surface area is 208 Å². The maximum atomic E-state index is 13.4. The summed E-state index contributed by atoms with van der Waals surface area (Å²) in [7, 11) is 0. The third-order valence-corrected chi connectivity index (χ3v) is 7.72. The van der Waals surface area contributed by atoms with Crippen molar-refractivity contribution < 1.29 is 18.0 Å². The summed E-state index contributed by atoms with van der Waals surface area (Å²) in [6.45, 7) is 0.515. The first kappa shape index (κ1) is 24.7. The molecule has 1 heterocycles. The van der Waals surface area contributed by atoms with Gasteiger partial charge in [-0.25, -0.2) is 0 Å². The van der Waals surface area contributed by atoms with Crippen LogP contribution in [0.1, 0.15) is 39.9 Å². The Hall–Kier alpha value is -2.38. The maximum absolute atomic E-state index is 13.4. The molecule has 0 unspecified atom stereocenters. The summed E-state index contributed by atoms with van der Waals surface area (Å²) in [4.78, 5) is 15.3. The second-order valence-corrected chi connectivity index (χ2v) is 10.4. The van der Waals surface area contributed by atoms with Gasteiger partial charge in [0.2, 0.25) is 0 Å². The zero-order valence-corrected chi connectivity index (χ0v) is 20.3. The zero-order chi connectivity index (χ0) is 24.1. The first-order valence-corrected chi connectivity index (χ1v) is 12.7. The minimum atomic E-state index is -4.53. The molecule has 1 aliphatic rings. The average molecular weight is 502 g/mol. The molecule has 0 saturated carbocycles. The van der Waals surface area contributed by atoms with Crippen molar-refractivity contribution in [2.75, 3.05) is 6.54 Å². The number of amides is 1. The van der Waals surface area contributed by atoms with Crippen LogP contribution in [-0.4, -0.2) is 28.6 Å². The zero-order valence-electron chi connectivity index (χ0n) is 18.5. The average Bonchev–Trinajstić information content (AvgIpc) is 2.83. The minimum absolute atomic E-state index is 0.0354. The SMILES string of the molecule is O=C(c1cc(S)cc(C(F)(F)F)c1)N1CC[C@H](SCc2ccccc2)C[C@H]1Cc1ccccc1. The molecule has 0 aromatic heterocycles. The van der Waals surface area contributed by atoms with Crippen LogP contribution in [0.3, 0.4) is 0 Å². The van der Waals surface area contributed by atoms with E-state index < -0.39 is 11.7 Å². The first-order chi connectivity index (χ1) is 16.3. The number of nitrogens with zero attached hydrogens (tertiary/aromatic N) is 1. The van der Waals surface area contributed by atoms with Gasteiger partial charge in [-0.1, -0.05) is 60.7 Å². The monoisotopic (exact) mass is 501 g/mol. The summed E-state index contributed by atoms with van der Waals surface area (Å²) in [5.74, 6) is 0.530. The van der Waals surface area contributed by atoms with Crippen molar-refractivity contribution in [3.05, 3.63) is 101 Å². The predicted molar refractivity (Wildman–Crippen MR) is 134 cm³/mol. The summed E-state index contributed by atoms with van der Waals surface area (Å²) in [6.07, 6.45) is -2.26. The first-order valence-electron chi connectivity index (χ1n) is 11.2. The number of alkyl halides is 3. The molecular formula is C27H26F3NOS2. The highest BCUT2D eigenvalue weighted by Gasteiger charge is 2.35. The molecule has 1 saturated heterocycles. The number of carbonyl (C=O) groups is 1. The topological polar surface area (TPSA) is 20.3 Å². The number of thiol groups is 1. The lowest BCUT2D eigenvalue weighted by molar-refractivity contribution is -0.137. The van der Waals surface area contributed by atoms with E-state index in [1.54, 1.807) is 4.90 Å². The Balaban J connectivity index is 1.54. The van der Waals surface area contributed by atoms with E-state index >= 15 is 0 Å². The molecule has 3 aromatic carbocycles. The van der Waals surface area contributed by atoms with Crippen LogP contribution in [0.2, 0.25) is 0 Å². The fourth-order valence-electron chi connectivity index (χ4n) is 4.37. The van der Waals surface area contributed by atoms with Crippen LogP contribution in [0.15, 0.2) is 83.8 Å². The van der Waals surface area contributed by atoms with Crippen molar-refractivity contribution in [3.8, 4) is 0 Å². The van der Waals surface area contributed by atoms with Gasteiger partial charge in [0.05, 0.1) is 5.56 Å². The van der Waals surface area contributed by atoms with Gasteiger partial charge in [-0.15, -0.1) is 12.6 Å². The lowest BCUT2D eigenvalue weighted by Crippen LogP contribution is -2.48. The smallest absolute Gasteiger partial charge is 0.335 e. The second-order valence-electron chi connectivity index (χ2n) is 8.55. The van der Waals surface area contributed by atoms with E-state index in [0.29, 0.717) is 18.2 Å². The molecule has 0 N–H and O–H groups in total. The van der Waals surface area contributed by atoms with Crippen LogP contribution in [0, 0.1) is 0 Å². The molecule has 2 atom stereocenters. The summed E-state index contributed by atoms with van der Waals surface area (Å²) < 4.78 is 40.0. The lowest BCUT2D eigenvalue weighted by atomic mass is 9.94. The van der Waals surface area contributed by atoms with Gasteiger partial charge >= 0.3 is 6.18 Å². The Morgan fingerprint density at radius 2 is 1.62 bits per heavy atom. The van der Waals surface area contributed by atoms with E-state index in [1.807, 2.05) is 60.3 Å². The number of likely N-dealkylation sites (tertiary alicyclic amines) is 1. The summed E-state index contributed by atoms with van der Waals surface area (Å²) >= 11 is 6.00. The van der Waals surface area contributed by atoms with E-state index in [4.69, 9.17) is 0 Å². The van der Waals surface area contributed by atoms with Crippen LogP contribution in [0.25, 0.3) is 0 Å². The standard InChI is InChI=1S/C27H26F3NOS2/c28-27(29,30)22-14-21(15-24(33)16-22)26(32)31-12-11-25(34-18-20-9-5-2-6-10-20)17-23(31)13-19-7-3-1-4-8-19/h1-10,14-16,23,25,33H,11-13,17-18H2/t23-,25+/m1/s1. The lowest BCUT2D eigenvalue weighted by Gasteiger charge is -2.40. The fourth-order valence-corrected chi connectivity index (χ4v) is 5.89. The number of piperidine rings is 1. The molecule has 0 radical (unpaired) electrons. The summed E-state index contributed by atoms with van der Waals surface area (Å²) in [6, 6.07) is 23.4. The Bertz CT molecular complexity index is 1110. The Kier molecular flexibility index (Phi) is 7.94. The van der Waals surface area contributed by atoms with Crippen molar-refractivity contribution in [1.82, 2.24) is 4.90 Å². The van der Waals surface area contributed by atoms with E-state index in [9.17, 15) is 18.0 Å². The molecular weight excluding hydrogens is 475 g/mol. The molecule has 1 aliphatic heterocycles. The van der Waals surface area contributed by atoms with E-state index in [0.717, 1.165) is 36.3 Å². The van der Waals surface area contributed by atoms with Gasteiger partial charge in [0, 0.05) is 34.0 Å². The van der Waals surface area contributed by atoms with E-state index in [1.165, 1.54) is 11.6 Å². The number of benzene rings is 3. The third kappa shape index (κ3) is 6.39. The molecule has 0 aliphatic carbocycles. The largest absolute Gasteiger partial charge is 0.416 e. The van der Waals surface area contributed by atoms with Gasteiger partial charge < -0.3 is 4.90 Å². The number of thioether (sulfide) groups is 1. The van der Waals surface area contributed by atoms with Gasteiger partial charge in [0.15, 0.2) is 0 Å². The van der Waals surface area contributed by atoms with Crippen LogP contribution < -0.4 is 0 Å². The Morgan fingerprint density at radius 3 is 2.26 bits per heavy atom. The maximum Gasteiger partial charge on any atom is 0.416 e. The van der Waals surface area contributed by atoms with Crippen molar-refractivity contribution in [1.29, 1.82) is 0 Å². The van der Waals surface area contributed by atoms with Gasteiger partial charge in [-0.3, -0.25) is 4.79 Å². The second kappa shape index (κ2) is 10.9. The molecule has 1 amide bonds. The summed E-state index contributed by atoms with van der Waals surface area (Å²) in [5, 5.41) is 0.375. The molecule has 1 fully saturated rings. The number of hydrogen-bond acceptors (Lipinski definition) is 3. The van der Waals surface area contributed by atoms with E-state index in [2.05, 4.69) is 24.8 Å². The normalized spacial score (nSPS) is 18.6. The number of halogens is 3. The molecule has 2 nitrogen and oxygen atoms in total. The third-order valence-electron chi connectivity index (χ3n) is 6.06. The number of rotatable bonds is 6.